The fraction of sp³-hybridized carbons (Fsp3) is 0.480. The second-order valence-corrected chi connectivity index (χ2v) is 10.00. The summed E-state index contributed by atoms with van der Waals surface area (Å²) in [5, 5.41) is 29.6. The van der Waals surface area contributed by atoms with E-state index < -0.39 is 30.3 Å². The van der Waals surface area contributed by atoms with Crippen molar-refractivity contribution in [3.63, 3.8) is 0 Å². The molecule has 204 valence electrons. The van der Waals surface area contributed by atoms with E-state index in [4.69, 9.17) is 9.47 Å². The van der Waals surface area contributed by atoms with Crippen LogP contribution in [0.3, 0.4) is 0 Å². The lowest BCUT2D eigenvalue weighted by Crippen LogP contribution is -2.56. The minimum absolute atomic E-state index is 0.0751. The number of rotatable bonds is 7. The van der Waals surface area contributed by atoms with Gasteiger partial charge in [-0.15, -0.1) is 15.3 Å². The zero-order valence-corrected chi connectivity index (χ0v) is 21.6. The predicted octanol–water partition coefficient (Wildman–Crippen LogP) is 3.35. The Labute approximate surface area is 218 Å². The molecule has 2 unspecified atom stereocenters. The number of alkyl halides is 2. The average molecular weight is 532 g/mol. The molecule has 1 amide bonds. The number of aliphatic hydroxyl groups is 1. The van der Waals surface area contributed by atoms with Crippen LogP contribution in [0.1, 0.15) is 50.6 Å². The molecular formula is C25H31F2N7O4. The summed E-state index contributed by atoms with van der Waals surface area (Å²) >= 11 is 0. The van der Waals surface area contributed by atoms with E-state index in [1.54, 1.807) is 52.0 Å². The van der Waals surface area contributed by atoms with Crippen LogP contribution in [0.5, 0.6) is 5.88 Å². The van der Waals surface area contributed by atoms with Crippen molar-refractivity contribution < 1.29 is 28.2 Å². The molecule has 2 atom stereocenters. The predicted molar refractivity (Wildman–Crippen MR) is 133 cm³/mol. The Kier molecular flexibility index (Phi) is 8.05. The van der Waals surface area contributed by atoms with Crippen molar-refractivity contribution in [2.24, 2.45) is 0 Å². The van der Waals surface area contributed by atoms with Gasteiger partial charge in [-0.2, -0.15) is 0 Å². The van der Waals surface area contributed by atoms with E-state index >= 15 is 0 Å². The Bertz CT molecular complexity index is 1230. The number of carbonyl (C=O) groups is 1. The van der Waals surface area contributed by atoms with E-state index in [9.17, 15) is 18.7 Å². The van der Waals surface area contributed by atoms with E-state index in [2.05, 4.69) is 25.8 Å². The van der Waals surface area contributed by atoms with Crippen LogP contribution in [-0.4, -0.2) is 67.2 Å². The number of aliphatic hydroxyl groups excluding tert-OH is 1. The Morgan fingerprint density at radius 1 is 1.16 bits per heavy atom. The van der Waals surface area contributed by atoms with Gasteiger partial charge in [-0.1, -0.05) is 17.3 Å². The van der Waals surface area contributed by atoms with Gasteiger partial charge in [-0.25, -0.2) is 18.3 Å². The molecule has 1 saturated heterocycles. The molecule has 1 aliphatic rings. The van der Waals surface area contributed by atoms with Crippen molar-refractivity contribution in [3.8, 4) is 11.6 Å². The number of benzene rings is 1. The molecule has 0 saturated carbocycles. The molecule has 0 radical (unpaired) electrons. The second-order valence-electron chi connectivity index (χ2n) is 10.00. The van der Waals surface area contributed by atoms with Crippen LogP contribution >= 0.6 is 0 Å². The Hall–Kier alpha value is -3.87. The van der Waals surface area contributed by atoms with E-state index in [0.717, 1.165) is 0 Å². The quantitative estimate of drug-likeness (QED) is 0.472. The zero-order chi connectivity index (χ0) is 27.4. The molecule has 2 aromatic heterocycles. The van der Waals surface area contributed by atoms with Crippen LogP contribution in [0, 0.1) is 6.92 Å². The highest BCUT2D eigenvalue weighted by atomic mass is 19.3. The molecule has 3 aromatic rings. The molecular weight excluding hydrogens is 500 g/mol. The Morgan fingerprint density at radius 2 is 1.89 bits per heavy atom. The maximum Gasteiger partial charge on any atom is 0.408 e. The van der Waals surface area contributed by atoms with Crippen LogP contribution in [0.4, 0.5) is 19.4 Å². The number of aromatic nitrogens is 5. The largest absolute Gasteiger partial charge is 0.470 e. The molecule has 11 nitrogen and oxygen atoms in total. The van der Waals surface area contributed by atoms with E-state index in [0.29, 0.717) is 42.4 Å². The first kappa shape index (κ1) is 27.2. The minimum Gasteiger partial charge on any atom is -0.470 e. The molecule has 1 aliphatic heterocycles. The van der Waals surface area contributed by atoms with E-state index in [-0.39, 0.29) is 18.1 Å². The van der Waals surface area contributed by atoms with Gasteiger partial charge in [0.25, 0.3) is 6.43 Å². The number of halogens is 2. The number of hydrogen-bond donors (Lipinski definition) is 2. The van der Waals surface area contributed by atoms with E-state index in [1.807, 2.05) is 4.90 Å². The fourth-order valence-corrected chi connectivity index (χ4v) is 3.96. The Balaban J connectivity index is 1.38. The third-order valence-corrected chi connectivity index (χ3v) is 5.93. The molecule has 0 aliphatic carbocycles. The van der Waals surface area contributed by atoms with Crippen molar-refractivity contribution in [2.75, 3.05) is 18.0 Å². The van der Waals surface area contributed by atoms with Gasteiger partial charge in [0.15, 0.2) is 5.82 Å². The SMILES string of the molecule is Cc1nnn(-c2ccc(C(F)F)cc2)c1COc1ccc(N2CCC(O)C(NC(=O)OC(C)(C)C)C2)nn1. The average Bonchev–Trinajstić information content (AvgIpc) is 3.23. The summed E-state index contributed by atoms with van der Waals surface area (Å²) in [5.41, 5.74) is 1.13. The molecule has 4 rings (SSSR count). The molecule has 13 heteroatoms. The van der Waals surface area contributed by atoms with Crippen LogP contribution in [0.25, 0.3) is 5.69 Å². The topological polar surface area (TPSA) is 128 Å². The number of aryl methyl sites for hydroxylation is 1. The lowest BCUT2D eigenvalue weighted by Gasteiger charge is -2.37. The van der Waals surface area contributed by atoms with Gasteiger partial charge >= 0.3 is 6.09 Å². The van der Waals surface area contributed by atoms with Crippen molar-refractivity contribution in [1.82, 2.24) is 30.5 Å². The molecule has 38 heavy (non-hydrogen) atoms. The molecule has 1 fully saturated rings. The summed E-state index contributed by atoms with van der Waals surface area (Å²) in [4.78, 5) is 14.1. The third-order valence-electron chi connectivity index (χ3n) is 5.93. The number of nitrogens with zero attached hydrogens (tertiary/aromatic N) is 6. The first-order chi connectivity index (χ1) is 18.0. The maximum atomic E-state index is 12.9. The summed E-state index contributed by atoms with van der Waals surface area (Å²) in [5.74, 6) is 0.844. The summed E-state index contributed by atoms with van der Waals surface area (Å²) in [6.07, 6.45) is -3.41. The van der Waals surface area contributed by atoms with Gasteiger partial charge < -0.3 is 24.8 Å². The third kappa shape index (κ3) is 6.71. The normalized spacial score (nSPS) is 17.9. The molecule has 3 heterocycles. The number of piperidine rings is 1. The molecule has 0 bridgehead atoms. The summed E-state index contributed by atoms with van der Waals surface area (Å²) in [6, 6.07) is 8.68. The van der Waals surface area contributed by atoms with Crippen LogP contribution in [0.2, 0.25) is 0 Å². The molecule has 2 N–H and O–H groups in total. The number of amides is 1. The van der Waals surface area contributed by atoms with Crippen LogP contribution in [-0.2, 0) is 11.3 Å². The Morgan fingerprint density at radius 3 is 2.53 bits per heavy atom. The van der Waals surface area contributed by atoms with Crippen LogP contribution in [0.15, 0.2) is 36.4 Å². The van der Waals surface area contributed by atoms with Gasteiger partial charge in [0.2, 0.25) is 5.88 Å². The highest BCUT2D eigenvalue weighted by molar-refractivity contribution is 5.68. The van der Waals surface area contributed by atoms with Crippen LogP contribution < -0.4 is 15.0 Å². The monoisotopic (exact) mass is 531 g/mol. The van der Waals surface area contributed by atoms with Crippen molar-refractivity contribution in [1.29, 1.82) is 0 Å². The number of ether oxygens (including phenoxy) is 2. The number of carbonyl (C=O) groups excluding carboxylic acids is 1. The standard InChI is InChI=1S/C25H31F2N7O4/c1-15-19(34(32-29-15)17-7-5-16(6-8-17)23(26)27)14-37-22-10-9-21(30-31-22)33-12-11-20(35)18(13-33)28-24(36)38-25(2,3)4/h5-10,18,20,23,35H,11-14H2,1-4H3,(H,28,36). The van der Waals surface area contributed by atoms with Gasteiger partial charge in [-0.05, 0) is 52.3 Å². The second kappa shape index (κ2) is 11.3. The highest BCUT2D eigenvalue weighted by Gasteiger charge is 2.31. The first-order valence-corrected chi connectivity index (χ1v) is 12.2. The van der Waals surface area contributed by atoms with Crippen molar-refractivity contribution >= 4 is 11.9 Å². The van der Waals surface area contributed by atoms with E-state index in [1.165, 1.54) is 16.8 Å². The highest BCUT2D eigenvalue weighted by Crippen LogP contribution is 2.23. The number of nitrogens with one attached hydrogen (secondary N) is 1. The van der Waals surface area contributed by atoms with Crippen molar-refractivity contribution in [2.45, 2.75) is 64.9 Å². The maximum absolute atomic E-state index is 12.9. The zero-order valence-electron chi connectivity index (χ0n) is 21.6. The van der Waals surface area contributed by atoms with Gasteiger partial charge in [0.05, 0.1) is 23.5 Å². The van der Waals surface area contributed by atoms with Gasteiger partial charge in [0, 0.05) is 24.7 Å². The molecule has 1 aromatic carbocycles. The van der Waals surface area contributed by atoms with Gasteiger partial charge in [0.1, 0.15) is 17.9 Å². The smallest absolute Gasteiger partial charge is 0.408 e. The number of anilines is 1. The number of alkyl carbamates (subject to hydrolysis) is 1. The van der Waals surface area contributed by atoms with Crippen molar-refractivity contribution in [3.05, 3.63) is 53.3 Å². The summed E-state index contributed by atoms with van der Waals surface area (Å²) < 4.78 is 38.4. The fourth-order valence-electron chi connectivity index (χ4n) is 3.96. The minimum atomic E-state index is -2.55. The summed E-state index contributed by atoms with van der Waals surface area (Å²) in [6.45, 7) is 8.05. The summed E-state index contributed by atoms with van der Waals surface area (Å²) in [7, 11) is 0. The number of hydrogen-bond acceptors (Lipinski definition) is 9. The first-order valence-electron chi connectivity index (χ1n) is 12.2. The lowest BCUT2D eigenvalue weighted by molar-refractivity contribution is 0.0399. The van der Waals surface area contributed by atoms with Gasteiger partial charge in [-0.3, -0.25) is 0 Å². The molecule has 0 spiro atoms. The lowest BCUT2D eigenvalue weighted by atomic mass is 10.0.